The molecule has 2 amide bonds. The maximum atomic E-state index is 11.6. The number of carbonyl (C=O) groups is 3. The molecule has 10 nitrogen and oxygen atoms in total. The second-order valence-electron chi connectivity index (χ2n) is 6.21. The van der Waals surface area contributed by atoms with Gasteiger partial charge in [-0.1, -0.05) is 0 Å². The van der Waals surface area contributed by atoms with E-state index in [9.17, 15) is 29.7 Å². The molecule has 140 valence electrons. The Labute approximate surface area is 143 Å². The summed E-state index contributed by atoms with van der Waals surface area (Å²) in [4.78, 5) is 34.0. The Balaban J connectivity index is 2.07. The van der Waals surface area contributed by atoms with E-state index in [1.807, 2.05) is 0 Å². The van der Waals surface area contributed by atoms with Crippen molar-refractivity contribution in [3.63, 3.8) is 0 Å². The Hall–Kier alpha value is -2.17. The van der Waals surface area contributed by atoms with Gasteiger partial charge in [0.05, 0.1) is 6.04 Å². The van der Waals surface area contributed by atoms with Crippen molar-refractivity contribution in [2.45, 2.75) is 50.2 Å². The van der Waals surface area contributed by atoms with E-state index in [0.29, 0.717) is 0 Å². The SMILES string of the molecule is CC(=O)N[C@H]1[C@H]([C@H](O)[C@H](O)CNC(=O)C2CC2)OC(C(=O)O)=C[C@@H]1O. The molecule has 2 aliphatic rings. The highest BCUT2D eigenvalue weighted by Gasteiger charge is 2.43. The first-order valence-electron chi connectivity index (χ1n) is 7.91. The summed E-state index contributed by atoms with van der Waals surface area (Å²) in [5, 5.41) is 44.3. The van der Waals surface area contributed by atoms with E-state index < -0.39 is 48.1 Å². The molecule has 10 heteroatoms. The fourth-order valence-electron chi connectivity index (χ4n) is 2.55. The van der Waals surface area contributed by atoms with E-state index in [1.165, 1.54) is 6.92 Å². The van der Waals surface area contributed by atoms with E-state index in [-0.39, 0.29) is 18.4 Å². The van der Waals surface area contributed by atoms with Gasteiger partial charge in [-0.2, -0.15) is 0 Å². The average Bonchev–Trinajstić information content (AvgIpc) is 3.37. The van der Waals surface area contributed by atoms with Crippen molar-refractivity contribution < 1.29 is 39.5 Å². The van der Waals surface area contributed by atoms with Gasteiger partial charge in [-0.3, -0.25) is 9.59 Å². The molecule has 1 aliphatic heterocycles. The molecular weight excluding hydrogens is 336 g/mol. The molecular formula is C15H22N2O8. The molecule has 1 heterocycles. The Kier molecular flexibility index (Phi) is 5.98. The number of ether oxygens (including phenoxy) is 1. The van der Waals surface area contributed by atoms with E-state index in [4.69, 9.17) is 9.84 Å². The van der Waals surface area contributed by atoms with Gasteiger partial charge in [0.25, 0.3) is 0 Å². The molecule has 0 saturated heterocycles. The van der Waals surface area contributed by atoms with Crippen LogP contribution in [0, 0.1) is 5.92 Å². The number of nitrogens with one attached hydrogen (secondary N) is 2. The number of aliphatic hydroxyl groups excluding tert-OH is 3. The fraction of sp³-hybridized carbons (Fsp3) is 0.667. The zero-order valence-corrected chi connectivity index (χ0v) is 13.6. The topological polar surface area (TPSA) is 165 Å². The third kappa shape index (κ3) is 4.91. The van der Waals surface area contributed by atoms with Gasteiger partial charge in [-0.25, -0.2) is 4.79 Å². The largest absolute Gasteiger partial charge is 0.478 e. The molecule has 25 heavy (non-hydrogen) atoms. The normalized spacial score (nSPS) is 28.2. The Morgan fingerprint density at radius 3 is 2.48 bits per heavy atom. The summed E-state index contributed by atoms with van der Waals surface area (Å²) >= 11 is 0. The molecule has 5 atom stereocenters. The zero-order valence-electron chi connectivity index (χ0n) is 13.6. The van der Waals surface area contributed by atoms with E-state index in [1.54, 1.807) is 0 Å². The summed E-state index contributed by atoms with van der Waals surface area (Å²) in [5.74, 6) is -2.92. The third-order valence-corrected chi connectivity index (χ3v) is 4.05. The van der Waals surface area contributed by atoms with Gasteiger partial charge < -0.3 is 35.8 Å². The van der Waals surface area contributed by atoms with Crippen molar-refractivity contribution in [1.29, 1.82) is 0 Å². The van der Waals surface area contributed by atoms with Crippen LogP contribution in [0.1, 0.15) is 19.8 Å². The molecule has 1 saturated carbocycles. The molecule has 2 rings (SSSR count). The molecule has 0 bridgehead atoms. The molecule has 6 N–H and O–H groups in total. The predicted molar refractivity (Wildman–Crippen MR) is 82.0 cm³/mol. The van der Waals surface area contributed by atoms with Gasteiger partial charge in [0.1, 0.15) is 18.3 Å². The summed E-state index contributed by atoms with van der Waals surface area (Å²) in [6.45, 7) is 0.907. The number of carboxylic acid groups (broad SMARTS) is 1. The van der Waals surface area contributed by atoms with Gasteiger partial charge >= 0.3 is 5.97 Å². The van der Waals surface area contributed by atoms with Gasteiger partial charge in [0.2, 0.25) is 17.6 Å². The lowest BCUT2D eigenvalue weighted by Crippen LogP contribution is -2.60. The van der Waals surface area contributed by atoms with Crippen LogP contribution < -0.4 is 10.6 Å². The predicted octanol–water partition coefficient (Wildman–Crippen LogP) is -2.53. The minimum absolute atomic E-state index is 0.0780. The van der Waals surface area contributed by atoms with Crippen molar-refractivity contribution in [2.24, 2.45) is 5.92 Å². The smallest absolute Gasteiger partial charge is 0.370 e. The number of hydrogen-bond donors (Lipinski definition) is 6. The minimum Gasteiger partial charge on any atom is -0.478 e. The van der Waals surface area contributed by atoms with E-state index in [0.717, 1.165) is 18.9 Å². The van der Waals surface area contributed by atoms with E-state index >= 15 is 0 Å². The van der Waals surface area contributed by atoms with Crippen LogP contribution in [0.4, 0.5) is 0 Å². The summed E-state index contributed by atoms with van der Waals surface area (Å²) in [7, 11) is 0. The van der Waals surface area contributed by atoms with Crippen LogP contribution >= 0.6 is 0 Å². The number of hydrogen-bond acceptors (Lipinski definition) is 7. The number of aliphatic hydroxyl groups is 3. The van der Waals surface area contributed by atoms with Crippen molar-refractivity contribution in [1.82, 2.24) is 10.6 Å². The summed E-state index contributed by atoms with van der Waals surface area (Å²) in [5.41, 5.74) is 0. The number of amides is 2. The second-order valence-corrected chi connectivity index (χ2v) is 6.21. The zero-order chi connectivity index (χ0) is 18.7. The Bertz CT molecular complexity index is 574. The van der Waals surface area contributed by atoms with E-state index in [2.05, 4.69) is 10.6 Å². The lowest BCUT2D eigenvalue weighted by Gasteiger charge is -2.38. The maximum absolute atomic E-state index is 11.6. The van der Waals surface area contributed by atoms with Crippen LogP contribution in [-0.2, 0) is 19.1 Å². The molecule has 1 aliphatic carbocycles. The molecule has 0 unspecified atom stereocenters. The van der Waals surface area contributed by atoms with Crippen molar-refractivity contribution in [3.8, 4) is 0 Å². The molecule has 0 aromatic carbocycles. The van der Waals surface area contributed by atoms with Crippen LogP contribution in [0.5, 0.6) is 0 Å². The number of aliphatic carboxylic acids is 1. The first-order chi connectivity index (χ1) is 11.7. The highest BCUT2D eigenvalue weighted by molar-refractivity contribution is 5.84. The highest BCUT2D eigenvalue weighted by atomic mass is 16.5. The number of carboxylic acids is 1. The maximum Gasteiger partial charge on any atom is 0.370 e. The van der Waals surface area contributed by atoms with Crippen molar-refractivity contribution in [3.05, 3.63) is 11.8 Å². The number of rotatable bonds is 7. The quantitative estimate of drug-likeness (QED) is 0.290. The molecule has 1 fully saturated rings. The van der Waals surface area contributed by atoms with Crippen LogP contribution in [-0.4, -0.2) is 75.2 Å². The lowest BCUT2D eigenvalue weighted by molar-refractivity contribution is -0.147. The van der Waals surface area contributed by atoms with Gasteiger partial charge in [0, 0.05) is 19.4 Å². The lowest BCUT2D eigenvalue weighted by atomic mass is 9.93. The average molecular weight is 358 g/mol. The van der Waals surface area contributed by atoms with Crippen LogP contribution in [0.3, 0.4) is 0 Å². The number of carbonyl (C=O) groups excluding carboxylic acids is 2. The Morgan fingerprint density at radius 2 is 1.96 bits per heavy atom. The van der Waals surface area contributed by atoms with Crippen LogP contribution in [0.2, 0.25) is 0 Å². The minimum atomic E-state index is -1.66. The molecule has 0 aromatic heterocycles. The van der Waals surface area contributed by atoms with Crippen molar-refractivity contribution in [2.75, 3.05) is 6.54 Å². The van der Waals surface area contributed by atoms with Crippen LogP contribution in [0.15, 0.2) is 11.8 Å². The third-order valence-electron chi connectivity index (χ3n) is 4.05. The fourth-order valence-corrected chi connectivity index (χ4v) is 2.55. The van der Waals surface area contributed by atoms with Crippen LogP contribution in [0.25, 0.3) is 0 Å². The molecule has 0 radical (unpaired) electrons. The molecule has 0 spiro atoms. The summed E-state index contributed by atoms with van der Waals surface area (Å²) < 4.78 is 5.15. The first kappa shape index (κ1) is 19.2. The Morgan fingerprint density at radius 1 is 1.32 bits per heavy atom. The summed E-state index contributed by atoms with van der Waals surface area (Å²) in [6, 6.07) is -1.16. The van der Waals surface area contributed by atoms with Gasteiger partial charge in [-0.05, 0) is 18.9 Å². The monoisotopic (exact) mass is 358 g/mol. The molecule has 0 aromatic rings. The summed E-state index contributed by atoms with van der Waals surface area (Å²) in [6.07, 6.45) is -3.54. The standard InChI is InChI=1S/C15H22N2O8/c1-6(18)17-11-8(19)4-10(15(23)24)25-13(11)12(21)9(20)5-16-14(22)7-2-3-7/h4,7-9,11-13,19-21H,2-3,5H2,1H3,(H,16,22)(H,17,18)(H,23,24)/t8-,9+,11+,12+,13+/m0/s1. The first-order valence-corrected chi connectivity index (χ1v) is 7.91. The van der Waals surface area contributed by atoms with Gasteiger partial charge in [0.15, 0.2) is 6.10 Å². The van der Waals surface area contributed by atoms with Crippen molar-refractivity contribution >= 4 is 17.8 Å². The second kappa shape index (κ2) is 7.81. The highest BCUT2D eigenvalue weighted by Crippen LogP contribution is 2.28. The van der Waals surface area contributed by atoms with Gasteiger partial charge in [-0.15, -0.1) is 0 Å².